The molecule has 1 heterocycles. The van der Waals surface area contributed by atoms with E-state index < -0.39 is 47.9 Å². The maximum absolute atomic E-state index is 13.6. The second kappa shape index (κ2) is 11.5. The van der Waals surface area contributed by atoms with Gasteiger partial charge in [0.2, 0.25) is 0 Å². The molecule has 5 rings (SSSR count). The molecular weight excluding hydrogens is 544 g/mol. The van der Waals surface area contributed by atoms with Crippen molar-refractivity contribution in [2.45, 2.75) is 26.7 Å². The molecule has 0 aromatic heterocycles. The Kier molecular flexibility index (Phi) is 7.85. The van der Waals surface area contributed by atoms with Crippen molar-refractivity contribution >= 4 is 41.1 Å². The van der Waals surface area contributed by atoms with Crippen LogP contribution in [0, 0.1) is 18.8 Å². The normalized spacial score (nSPS) is 18.0. The van der Waals surface area contributed by atoms with Gasteiger partial charge in [0.1, 0.15) is 12.3 Å². The Morgan fingerprint density at radius 2 is 1.41 bits per heavy atom. The molecule has 1 saturated heterocycles. The Bertz CT molecular complexity index is 1560. The van der Waals surface area contributed by atoms with E-state index in [-0.39, 0.29) is 16.9 Å². The summed E-state index contributed by atoms with van der Waals surface area (Å²) in [5.41, 5.74) is 2.78. The van der Waals surface area contributed by atoms with Crippen LogP contribution >= 0.6 is 11.6 Å². The molecule has 0 N–H and O–H groups in total. The molecule has 2 aliphatic rings. The van der Waals surface area contributed by atoms with Crippen molar-refractivity contribution in [1.29, 1.82) is 0 Å². The number of esters is 1. The molecule has 2 atom stereocenters. The van der Waals surface area contributed by atoms with E-state index in [9.17, 15) is 24.0 Å². The summed E-state index contributed by atoms with van der Waals surface area (Å²) in [6.07, 6.45) is 2.75. The minimum absolute atomic E-state index is 0.172. The molecule has 3 aromatic rings. The van der Waals surface area contributed by atoms with E-state index in [4.69, 9.17) is 16.3 Å². The Morgan fingerprint density at radius 3 is 2.07 bits per heavy atom. The average Bonchev–Trinajstić information content (AvgIpc) is 3.20. The first-order valence-corrected chi connectivity index (χ1v) is 13.5. The SMILES string of the molecule is CC1=CC[C@H]2C(=O)N(N(CC(=O)c3ccc(OC(=O)c4ccc(C)cc4)cc3)C(=O)c3ccc(Cl)cc3)C(=O)[C@H]2C1. The fourth-order valence-electron chi connectivity index (χ4n) is 5.02. The van der Waals surface area contributed by atoms with Crippen LogP contribution in [0.5, 0.6) is 5.75 Å². The molecule has 0 radical (unpaired) electrons. The maximum Gasteiger partial charge on any atom is 0.343 e. The molecule has 41 heavy (non-hydrogen) atoms. The Morgan fingerprint density at radius 1 is 0.829 bits per heavy atom. The summed E-state index contributed by atoms with van der Waals surface area (Å²) in [7, 11) is 0. The van der Waals surface area contributed by atoms with Crippen molar-refractivity contribution in [3.63, 3.8) is 0 Å². The number of amides is 3. The van der Waals surface area contributed by atoms with Crippen molar-refractivity contribution in [3.05, 3.63) is 112 Å². The zero-order valence-electron chi connectivity index (χ0n) is 22.5. The summed E-state index contributed by atoms with van der Waals surface area (Å²) in [5.74, 6) is -3.65. The Hall–Kier alpha value is -4.56. The first-order chi connectivity index (χ1) is 19.6. The van der Waals surface area contributed by atoms with Crippen LogP contribution in [0.3, 0.4) is 0 Å². The number of ether oxygens (including phenoxy) is 1. The smallest absolute Gasteiger partial charge is 0.343 e. The van der Waals surface area contributed by atoms with E-state index in [0.717, 1.165) is 21.2 Å². The highest BCUT2D eigenvalue weighted by Gasteiger charge is 2.51. The third kappa shape index (κ3) is 5.83. The van der Waals surface area contributed by atoms with Crippen molar-refractivity contribution in [2.24, 2.45) is 11.8 Å². The van der Waals surface area contributed by atoms with Crippen LogP contribution in [-0.2, 0) is 9.59 Å². The van der Waals surface area contributed by atoms with Crippen LogP contribution in [0.4, 0.5) is 0 Å². The van der Waals surface area contributed by atoms with E-state index in [1.807, 2.05) is 19.9 Å². The van der Waals surface area contributed by atoms with Gasteiger partial charge < -0.3 is 4.74 Å². The van der Waals surface area contributed by atoms with Gasteiger partial charge in [0, 0.05) is 16.1 Å². The van der Waals surface area contributed by atoms with E-state index >= 15 is 0 Å². The quantitative estimate of drug-likeness (QED) is 0.123. The van der Waals surface area contributed by atoms with Crippen LogP contribution in [0.1, 0.15) is 56.4 Å². The van der Waals surface area contributed by atoms with Crippen molar-refractivity contribution in [2.75, 3.05) is 6.54 Å². The summed E-state index contributed by atoms with van der Waals surface area (Å²) < 4.78 is 5.41. The molecule has 0 saturated carbocycles. The van der Waals surface area contributed by atoms with Gasteiger partial charge in [-0.25, -0.2) is 9.80 Å². The zero-order chi connectivity index (χ0) is 29.3. The highest BCUT2D eigenvalue weighted by atomic mass is 35.5. The lowest BCUT2D eigenvalue weighted by atomic mass is 9.82. The monoisotopic (exact) mass is 570 g/mol. The number of hydrogen-bond acceptors (Lipinski definition) is 6. The van der Waals surface area contributed by atoms with Crippen LogP contribution in [0.15, 0.2) is 84.4 Å². The number of allylic oxidation sites excluding steroid dienone is 2. The minimum Gasteiger partial charge on any atom is -0.423 e. The Labute approximate surface area is 242 Å². The summed E-state index contributed by atoms with van der Waals surface area (Å²) in [5, 5.41) is 2.18. The van der Waals surface area contributed by atoms with E-state index in [0.29, 0.717) is 23.4 Å². The van der Waals surface area contributed by atoms with Gasteiger partial charge in [-0.05, 0) is 87.4 Å². The molecule has 1 aliphatic heterocycles. The third-order valence-corrected chi connectivity index (χ3v) is 7.59. The Balaban J connectivity index is 1.37. The molecule has 9 heteroatoms. The second-order valence-electron chi connectivity index (χ2n) is 10.3. The molecule has 3 aromatic carbocycles. The van der Waals surface area contributed by atoms with Gasteiger partial charge in [-0.2, -0.15) is 5.01 Å². The molecule has 0 bridgehead atoms. The zero-order valence-corrected chi connectivity index (χ0v) is 23.3. The van der Waals surface area contributed by atoms with Crippen molar-refractivity contribution < 1.29 is 28.7 Å². The number of benzene rings is 3. The molecule has 208 valence electrons. The first-order valence-electron chi connectivity index (χ1n) is 13.2. The lowest BCUT2D eigenvalue weighted by Gasteiger charge is -2.30. The number of hydrazine groups is 1. The lowest BCUT2D eigenvalue weighted by molar-refractivity contribution is -0.154. The molecule has 0 unspecified atom stereocenters. The molecule has 0 spiro atoms. The van der Waals surface area contributed by atoms with Gasteiger partial charge in [-0.3, -0.25) is 19.2 Å². The number of carbonyl (C=O) groups excluding carboxylic acids is 5. The number of halogens is 1. The molecular formula is C32H27ClN2O6. The predicted molar refractivity (Wildman–Crippen MR) is 151 cm³/mol. The second-order valence-corrected chi connectivity index (χ2v) is 10.7. The molecule has 1 fully saturated rings. The number of hydrogen-bond donors (Lipinski definition) is 0. The number of fused-ring (bicyclic) bond motifs is 1. The largest absolute Gasteiger partial charge is 0.423 e. The van der Waals surface area contributed by atoms with Gasteiger partial charge in [-0.1, -0.05) is 40.9 Å². The number of nitrogens with zero attached hydrogens (tertiary/aromatic N) is 2. The highest BCUT2D eigenvalue weighted by Crippen LogP contribution is 2.38. The fraction of sp³-hybridized carbons (Fsp3) is 0.219. The number of carbonyl (C=O) groups is 5. The van der Waals surface area contributed by atoms with Crippen molar-refractivity contribution in [1.82, 2.24) is 10.0 Å². The maximum atomic E-state index is 13.6. The summed E-state index contributed by atoms with van der Waals surface area (Å²) in [6.45, 7) is 3.27. The van der Waals surface area contributed by atoms with Crippen molar-refractivity contribution in [3.8, 4) is 5.75 Å². The highest BCUT2D eigenvalue weighted by molar-refractivity contribution is 6.30. The van der Waals surface area contributed by atoms with Gasteiger partial charge in [-0.15, -0.1) is 0 Å². The predicted octanol–water partition coefficient (Wildman–Crippen LogP) is 5.45. The van der Waals surface area contributed by atoms with Gasteiger partial charge in [0.05, 0.1) is 17.4 Å². The van der Waals surface area contributed by atoms with E-state index in [1.54, 1.807) is 24.3 Å². The first kappa shape index (κ1) is 28.0. The van der Waals surface area contributed by atoms with Gasteiger partial charge in [0.15, 0.2) is 5.78 Å². The van der Waals surface area contributed by atoms with Crippen LogP contribution in [-0.4, -0.2) is 46.0 Å². The van der Waals surface area contributed by atoms with Crippen LogP contribution in [0.25, 0.3) is 0 Å². The average molecular weight is 571 g/mol. The summed E-state index contributed by atoms with van der Waals surface area (Å²) >= 11 is 5.98. The fourth-order valence-corrected chi connectivity index (χ4v) is 5.15. The number of ketones is 1. The summed E-state index contributed by atoms with van der Waals surface area (Å²) in [6, 6.07) is 18.8. The third-order valence-electron chi connectivity index (χ3n) is 7.33. The standard InChI is InChI=1S/C32H27ClN2O6/c1-19-3-6-23(7-4-19)32(40)41-25-14-10-21(11-15-25)28(36)18-34(29(37)22-8-12-24(33)13-9-22)35-30(38)26-16-5-20(2)17-27(26)31(35)39/h3-15,26-27H,16-18H2,1-2H3/t26-,27+/m1/s1. The van der Waals surface area contributed by atoms with Gasteiger partial charge >= 0.3 is 5.97 Å². The number of rotatable bonds is 7. The molecule has 1 aliphatic carbocycles. The molecule has 8 nitrogen and oxygen atoms in total. The van der Waals surface area contributed by atoms with Crippen LogP contribution in [0.2, 0.25) is 5.02 Å². The number of imide groups is 1. The van der Waals surface area contributed by atoms with E-state index in [2.05, 4.69) is 0 Å². The summed E-state index contributed by atoms with van der Waals surface area (Å²) in [4.78, 5) is 66.3. The van der Waals surface area contributed by atoms with E-state index in [1.165, 1.54) is 48.5 Å². The number of Topliss-reactive ketones (excluding diaryl/α,β-unsaturated/α-hetero) is 1. The topological polar surface area (TPSA) is 101 Å². The van der Waals surface area contributed by atoms with Crippen LogP contribution < -0.4 is 4.74 Å². The van der Waals surface area contributed by atoms with Gasteiger partial charge in [0.25, 0.3) is 17.7 Å². The molecule has 3 amide bonds. The minimum atomic E-state index is -0.677. The number of aryl methyl sites for hydroxylation is 1. The lowest BCUT2D eigenvalue weighted by Crippen LogP contribution is -2.52.